The van der Waals surface area contributed by atoms with Crippen LogP contribution in [0.1, 0.15) is 31.7 Å². The Kier molecular flexibility index (Phi) is 4.20. The first-order valence-corrected chi connectivity index (χ1v) is 9.35. The number of carbonyl (C=O) groups excluding carboxylic acids is 2. The van der Waals surface area contributed by atoms with Crippen LogP contribution in [0.3, 0.4) is 0 Å². The first kappa shape index (κ1) is 16.1. The number of rotatable bonds is 5. The fourth-order valence-electron chi connectivity index (χ4n) is 2.62. The van der Waals surface area contributed by atoms with Gasteiger partial charge in [-0.3, -0.25) is 19.5 Å². The number of carbonyl (C=O) groups is 2. The quantitative estimate of drug-likeness (QED) is 0.628. The molecule has 0 atom stereocenters. The van der Waals surface area contributed by atoms with Crippen molar-refractivity contribution in [2.45, 2.75) is 42.9 Å². The molecule has 4 rings (SSSR count). The number of nitrogens with zero attached hydrogens (tertiary/aromatic N) is 2. The van der Waals surface area contributed by atoms with Gasteiger partial charge in [0, 0.05) is 12.1 Å². The molecule has 1 aromatic heterocycles. The summed E-state index contributed by atoms with van der Waals surface area (Å²) in [6, 6.07) is 7.12. The molecular weight excluding hydrogens is 340 g/mol. The molecule has 2 saturated carbocycles. The number of aromatic nitrogens is 2. The fourth-order valence-corrected chi connectivity index (χ4v) is 3.49. The average Bonchev–Trinajstić information content (AvgIpc) is 3.48. The first-order chi connectivity index (χ1) is 12.1. The topological polar surface area (TPSA) is 93.1 Å². The predicted octanol–water partition coefficient (Wildman–Crippen LogP) is 1.81. The number of hydrogen-bond donors (Lipinski definition) is 2. The van der Waals surface area contributed by atoms with E-state index in [9.17, 15) is 14.4 Å². The van der Waals surface area contributed by atoms with E-state index in [0.717, 1.165) is 25.7 Å². The van der Waals surface area contributed by atoms with Crippen molar-refractivity contribution in [1.29, 1.82) is 0 Å². The highest BCUT2D eigenvalue weighted by atomic mass is 32.2. The molecule has 0 spiro atoms. The smallest absolute Gasteiger partial charge is 0.321 e. The van der Waals surface area contributed by atoms with Crippen LogP contribution in [0.15, 0.2) is 34.2 Å². The Morgan fingerprint density at radius 2 is 1.96 bits per heavy atom. The SMILES string of the molecule is O=C(CSc1nc2ccccc2c(=O)n1C1CC1)NC(=O)NC1CC1. The van der Waals surface area contributed by atoms with Gasteiger partial charge in [-0.2, -0.15) is 0 Å². The largest absolute Gasteiger partial charge is 0.335 e. The standard InChI is InChI=1S/C17H18N4O3S/c22-14(20-16(24)18-10-5-6-10)9-25-17-19-13-4-2-1-3-12(13)15(23)21(17)11-7-8-11/h1-4,10-11H,5-9H2,(H2,18,20,22,24). The summed E-state index contributed by atoms with van der Waals surface area (Å²) >= 11 is 1.19. The maximum atomic E-state index is 12.7. The van der Waals surface area contributed by atoms with Gasteiger partial charge in [-0.25, -0.2) is 9.78 Å². The number of urea groups is 1. The Bertz CT molecular complexity index is 902. The molecule has 2 aliphatic rings. The van der Waals surface area contributed by atoms with E-state index in [4.69, 9.17) is 0 Å². The minimum Gasteiger partial charge on any atom is -0.335 e. The molecule has 0 unspecified atom stereocenters. The summed E-state index contributed by atoms with van der Waals surface area (Å²) < 4.78 is 1.69. The second-order valence-corrected chi connectivity index (χ2v) is 7.34. The summed E-state index contributed by atoms with van der Waals surface area (Å²) in [7, 11) is 0. The monoisotopic (exact) mass is 358 g/mol. The van der Waals surface area contributed by atoms with Crippen molar-refractivity contribution >= 4 is 34.6 Å². The van der Waals surface area contributed by atoms with Crippen LogP contribution in [0, 0.1) is 0 Å². The summed E-state index contributed by atoms with van der Waals surface area (Å²) in [5.74, 6) is -0.358. The Balaban J connectivity index is 1.50. The van der Waals surface area contributed by atoms with E-state index < -0.39 is 11.9 Å². The lowest BCUT2D eigenvalue weighted by molar-refractivity contribution is -0.117. The maximum Gasteiger partial charge on any atom is 0.321 e. The number of para-hydroxylation sites is 1. The zero-order chi connectivity index (χ0) is 17.4. The summed E-state index contributed by atoms with van der Waals surface area (Å²) in [4.78, 5) is 40.9. The molecule has 2 aromatic rings. The lowest BCUT2D eigenvalue weighted by atomic mass is 10.2. The van der Waals surface area contributed by atoms with Crippen LogP contribution in [-0.2, 0) is 4.79 Å². The molecule has 1 aromatic carbocycles. The zero-order valence-electron chi connectivity index (χ0n) is 13.5. The number of thioether (sulfide) groups is 1. The maximum absolute atomic E-state index is 12.7. The molecule has 130 valence electrons. The van der Waals surface area contributed by atoms with Crippen LogP contribution in [0.4, 0.5) is 4.79 Å². The third-order valence-corrected chi connectivity index (χ3v) is 5.14. The average molecular weight is 358 g/mol. The molecule has 0 aliphatic heterocycles. The second kappa shape index (κ2) is 6.51. The summed E-state index contributed by atoms with van der Waals surface area (Å²) in [6.45, 7) is 0. The van der Waals surface area contributed by atoms with E-state index in [1.165, 1.54) is 11.8 Å². The van der Waals surface area contributed by atoms with Gasteiger partial charge in [0.25, 0.3) is 5.56 Å². The van der Waals surface area contributed by atoms with Crippen molar-refractivity contribution in [3.63, 3.8) is 0 Å². The molecule has 2 aliphatic carbocycles. The number of amides is 3. The number of benzene rings is 1. The van der Waals surface area contributed by atoms with Crippen LogP contribution in [-0.4, -0.2) is 33.3 Å². The second-order valence-electron chi connectivity index (χ2n) is 6.40. The molecule has 1 heterocycles. The summed E-state index contributed by atoms with van der Waals surface area (Å²) in [5.41, 5.74) is 0.557. The molecule has 0 radical (unpaired) electrons. The first-order valence-electron chi connectivity index (χ1n) is 8.36. The normalized spacial score (nSPS) is 16.6. The van der Waals surface area contributed by atoms with E-state index in [1.54, 1.807) is 16.7 Å². The molecule has 3 amide bonds. The molecular formula is C17H18N4O3S. The van der Waals surface area contributed by atoms with Crippen molar-refractivity contribution in [2.24, 2.45) is 0 Å². The van der Waals surface area contributed by atoms with Crippen molar-refractivity contribution in [3.8, 4) is 0 Å². The van der Waals surface area contributed by atoms with Crippen LogP contribution in [0.5, 0.6) is 0 Å². The lowest BCUT2D eigenvalue weighted by Crippen LogP contribution is -2.41. The van der Waals surface area contributed by atoms with Crippen LogP contribution in [0.2, 0.25) is 0 Å². The highest BCUT2D eigenvalue weighted by Crippen LogP contribution is 2.36. The highest BCUT2D eigenvalue weighted by molar-refractivity contribution is 7.99. The zero-order valence-corrected chi connectivity index (χ0v) is 14.3. The van der Waals surface area contributed by atoms with Gasteiger partial charge >= 0.3 is 6.03 Å². The lowest BCUT2D eigenvalue weighted by Gasteiger charge is -2.12. The van der Waals surface area contributed by atoms with E-state index in [2.05, 4.69) is 15.6 Å². The minimum atomic E-state index is -0.459. The van der Waals surface area contributed by atoms with Crippen molar-refractivity contribution in [1.82, 2.24) is 20.2 Å². The van der Waals surface area contributed by atoms with Crippen molar-refractivity contribution in [2.75, 3.05) is 5.75 Å². The fraction of sp³-hybridized carbons (Fsp3) is 0.412. The molecule has 8 heteroatoms. The van der Waals surface area contributed by atoms with Gasteiger partial charge in [-0.05, 0) is 37.8 Å². The van der Waals surface area contributed by atoms with Gasteiger partial charge in [-0.15, -0.1) is 0 Å². The number of fused-ring (bicyclic) bond motifs is 1. The van der Waals surface area contributed by atoms with Crippen LogP contribution >= 0.6 is 11.8 Å². The Morgan fingerprint density at radius 3 is 2.68 bits per heavy atom. The van der Waals surface area contributed by atoms with Gasteiger partial charge in [0.2, 0.25) is 5.91 Å². The van der Waals surface area contributed by atoms with Gasteiger partial charge in [0.05, 0.1) is 16.7 Å². The van der Waals surface area contributed by atoms with Gasteiger partial charge in [0.15, 0.2) is 5.16 Å². The van der Waals surface area contributed by atoms with Crippen LogP contribution < -0.4 is 16.2 Å². The molecule has 0 bridgehead atoms. The summed E-state index contributed by atoms with van der Waals surface area (Å²) in [6.07, 6.45) is 3.82. The molecule has 25 heavy (non-hydrogen) atoms. The van der Waals surface area contributed by atoms with Crippen molar-refractivity contribution < 1.29 is 9.59 Å². The van der Waals surface area contributed by atoms with E-state index in [1.807, 2.05) is 12.1 Å². The highest BCUT2D eigenvalue weighted by Gasteiger charge is 2.29. The third-order valence-electron chi connectivity index (χ3n) is 4.19. The van der Waals surface area contributed by atoms with Gasteiger partial charge in [0.1, 0.15) is 0 Å². The number of imide groups is 1. The number of nitrogens with one attached hydrogen (secondary N) is 2. The predicted molar refractivity (Wildman–Crippen MR) is 94.7 cm³/mol. The summed E-state index contributed by atoms with van der Waals surface area (Å²) in [5, 5.41) is 6.14. The molecule has 2 N–H and O–H groups in total. The van der Waals surface area contributed by atoms with Gasteiger partial charge in [-0.1, -0.05) is 23.9 Å². The molecule has 2 fully saturated rings. The van der Waals surface area contributed by atoms with E-state index in [-0.39, 0.29) is 23.4 Å². The minimum absolute atomic E-state index is 0.0373. The van der Waals surface area contributed by atoms with Gasteiger partial charge < -0.3 is 5.32 Å². The Hall–Kier alpha value is -2.35. The molecule has 7 nitrogen and oxygen atoms in total. The Morgan fingerprint density at radius 1 is 1.20 bits per heavy atom. The van der Waals surface area contributed by atoms with E-state index >= 15 is 0 Å². The van der Waals surface area contributed by atoms with Crippen molar-refractivity contribution in [3.05, 3.63) is 34.6 Å². The van der Waals surface area contributed by atoms with E-state index in [0.29, 0.717) is 16.1 Å². The van der Waals surface area contributed by atoms with Crippen LogP contribution in [0.25, 0.3) is 10.9 Å². The Labute approximate surface area is 148 Å². The third kappa shape index (κ3) is 3.68. The molecule has 0 saturated heterocycles. The number of hydrogen-bond acceptors (Lipinski definition) is 5.